The van der Waals surface area contributed by atoms with Crippen LogP contribution in [-0.2, 0) is 16.9 Å². The molecule has 4 heterocycles. The Hall–Kier alpha value is -3.37. The number of hydrogen-bond acceptors (Lipinski definition) is 8. The summed E-state index contributed by atoms with van der Waals surface area (Å²) in [5.74, 6) is 2.49. The average molecular weight is 569 g/mol. The van der Waals surface area contributed by atoms with Gasteiger partial charge >= 0.3 is 0 Å². The molecular weight excluding hydrogens is 536 g/mol. The Morgan fingerprint density at radius 2 is 1.95 bits per heavy atom. The van der Waals surface area contributed by atoms with Gasteiger partial charge in [0.1, 0.15) is 32.9 Å². The Bertz CT molecular complexity index is 1650. The van der Waals surface area contributed by atoms with Crippen molar-refractivity contribution in [3.05, 3.63) is 53.4 Å². The van der Waals surface area contributed by atoms with Crippen molar-refractivity contribution in [1.82, 2.24) is 19.7 Å². The van der Waals surface area contributed by atoms with Gasteiger partial charge in [-0.3, -0.25) is 4.68 Å². The standard InChI is InChI=1S/C28H33ClN6O3S/c1-16(2)19-7-8-23(35-13-18(17(35)3)15-39(6,36)37)21-12-30-26(11-20(19)21)31-25-10-9-24(38-5)27(32-25)22-14-34(4)33-28(22)29/h7-12,14,16-18H,13,15H2,1-6H3,(H,30,31,32)/t17-,18-/m1/s1. The van der Waals surface area contributed by atoms with Crippen molar-refractivity contribution >= 4 is 49.5 Å². The Balaban J connectivity index is 1.49. The van der Waals surface area contributed by atoms with Crippen LogP contribution in [0, 0.1) is 5.92 Å². The molecule has 1 fully saturated rings. The van der Waals surface area contributed by atoms with Crippen LogP contribution in [0.5, 0.6) is 5.75 Å². The molecule has 1 aliphatic rings. The van der Waals surface area contributed by atoms with E-state index in [4.69, 9.17) is 26.3 Å². The molecule has 0 amide bonds. The number of aryl methyl sites for hydroxylation is 1. The Morgan fingerprint density at radius 1 is 1.18 bits per heavy atom. The number of halogens is 1. The highest BCUT2D eigenvalue weighted by Gasteiger charge is 2.38. The van der Waals surface area contributed by atoms with Crippen molar-refractivity contribution in [2.24, 2.45) is 13.0 Å². The van der Waals surface area contributed by atoms with Gasteiger partial charge in [0.05, 0.1) is 18.4 Å². The summed E-state index contributed by atoms with van der Waals surface area (Å²) in [5.41, 5.74) is 3.55. The topological polar surface area (TPSA) is 102 Å². The Morgan fingerprint density at radius 3 is 2.56 bits per heavy atom. The van der Waals surface area contributed by atoms with E-state index >= 15 is 0 Å². The maximum absolute atomic E-state index is 11.8. The molecule has 11 heteroatoms. The average Bonchev–Trinajstić information content (AvgIpc) is 3.22. The molecule has 5 rings (SSSR count). The van der Waals surface area contributed by atoms with Gasteiger partial charge in [-0.25, -0.2) is 18.4 Å². The molecule has 0 bridgehead atoms. The van der Waals surface area contributed by atoms with E-state index in [1.165, 1.54) is 11.8 Å². The number of anilines is 3. The van der Waals surface area contributed by atoms with Gasteiger partial charge < -0.3 is 15.0 Å². The van der Waals surface area contributed by atoms with E-state index in [-0.39, 0.29) is 17.7 Å². The molecule has 4 aromatic rings. The number of benzene rings is 1. The summed E-state index contributed by atoms with van der Waals surface area (Å²) in [6.07, 6.45) is 5.00. The van der Waals surface area contributed by atoms with Crippen LogP contribution in [0.1, 0.15) is 32.3 Å². The van der Waals surface area contributed by atoms with Crippen molar-refractivity contribution < 1.29 is 13.2 Å². The third-order valence-electron chi connectivity index (χ3n) is 7.34. The zero-order chi connectivity index (χ0) is 28.1. The number of sulfone groups is 1. The summed E-state index contributed by atoms with van der Waals surface area (Å²) in [6.45, 7) is 7.14. The number of aromatic nitrogens is 4. The van der Waals surface area contributed by atoms with Gasteiger partial charge in [0.2, 0.25) is 0 Å². The number of ether oxygens (including phenoxy) is 1. The van der Waals surface area contributed by atoms with Gasteiger partial charge in [-0.15, -0.1) is 0 Å². The maximum atomic E-state index is 11.8. The number of hydrogen-bond donors (Lipinski definition) is 1. The van der Waals surface area contributed by atoms with Crippen LogP contribution < -0.4 is 15.0 Å². The molecule has 9 nitrogen and oxygen atoms in total. The van der Waals surface area contributed by atoms with E-state index in [2.05, 4.69) is 54.3 Å². The zero-order valence-corrected chi connectivity index (χ0v) is 24.5. The molecular formula is C28H33ClN6O3S. The number of pyridine rings is 2. The number of nitrogens with zero attached hydrogens (tertiary/aromatic N) is 5. The Kier molecular flexibility index (Phi) is 7.19. The number of nitrogens with one attached hydrogen (secondary N) is 1. The molecule has 0 saturated carbocycles. The minimum atomic E-state index is -3.02. The maximum Gasteiger partial charge on any atom is 0.160 e. The second-order valence-electron chi connectivity index (χ2n) is 10.6. The lowest BCUT2D eigenvalue weighted by atomic mass is 9.88. The highest BCUT2D eigenvalue weighted by Crippen LogP contribution is 2.40. The van der Waals surface area contributed by atoms with E-state index < -0.39 is 9.84 Å². The molecule has 2 atom stereocenters. The molecule has 0 unspecified atom stereocenters. The van der Waals surface area contributed by atoms with Crippen LogP contribution in [0.3, 0.4) is 0 Å². The van der Waals surface area contributed by atoms with E-state index in [0.717, 1.165) is 16.5 Å². The summed E-state index contributed by atoms with van der Waals surface area (Å²) in [7, 11) is 0.377. The third-order valence-corrected chi connectivity index (χ3v) is 8.65. The second-order valence-corrected chi connectivity index (χ2v) is 13.1. The van der Waals surface area contributed by atoms with Crippen LogP contribution in [0.2, 0.25) is 5.15 Å². The fourth-order valence-electron chi connectivity index (χ4n) is 5.28. The summed E-state index contributed by atoms with van der Waals surface area (Å²) < 4.78 is 30.8. The lowest BCUT2D eigenvalue weighted by Gasteiger charge is -2.48. The van der Waals surface area contributed by atoms with Crippen molar-refractivity contribution in [3.8, 4) is 17.0 Å². The van der Waals surface area contributed by atoms with Gasteiger partial charge in [0.25, 0.3) is 0 Å². The van der Waals surface area contributed by atoms with Gasteiger partial charge in [-0.05, 0) is 48.1 Å². The van der Waals surface area contributed by atoms with Gasteiger partial charge in [0.15, 0.2) is 5.15 Å². The SMILES string of the molecule is COc1ccc(Nc2cc3c(C(C)C)ccc(N4C[C@H](CS(C)(=O)=O)[C@H]4C)c3cn2)nc1-c1cn(C)nc1Cl. The number of fused-ring (bicyclic) bond motifs is 1. The smallest absolute Gasteiger partial charge is 0.160 e. The van der Waals surface area contributed by atoms with Crippen LogP contribution in [-0.4, -0.2) is 59.9 Å². The first-order valence-electron chi connectivity index (χ1n) is 12.8. The molecule has 1 aliphatic heterocycles. The monoisotopic (exact) mass is 568 g/mol. The number of methoxy groups -OCH3 is 1. The van der Waals surface area contributed by atoms with Gasteiger partial charge in [-0.2, -0.15) is 5.10 Å². The second kappa shape index (κ2) is 10.3. The highest BCUT2D eigenvalue weighted by atomic mass is 35.5. The van der Waals surface area contributed by atoms with E-state index in [0.29, 0.717) is 46.3 Å². The quantitative estimate of drug-likeness (QED) is 0.300. The van der Waals surface area contributed by atoms with E-state index in [1.54, 1.807) is 25.0 Å². The first-order valence-corrected chi connectivity index (χ1v) is 15.3. The van der Waals surface area contributed by atoms with E-state index in [9.17, 15) is 8.42 Å². The van der Waals surface area contributed by atoms with Crippen LogP contribution in [0.25, 0.3) is 22.0 Å². The minimum Gasteiger partial charge on any atom is -0.494 e. The molecule has 206 valence electrons. The van der Waals surface area contributed by atoms with E-state index in [1.807, 2.05) is 18.3 Å². The number of rotatable bonds is 8. The van der Waals surface area contributed by atoms with Gasteiger partial charge in [0, 0.05) is 55.3 Å². The summed E-state index contributed by atoms with van der Waals surface area (Å²) in [4.78, 5) is 11.8. The lowest BCUT2D eigenvalue weighted by Crippen LogP contribution is -2.57. The summed E-state index contributed by atoms with van der Waals surface area (Å²) in [6, 6.07) is 10.2. The predicted octanol–water partition coefficient (Wildman–Crippen LogP) is 5.43. The largest absolute Gasteiger partial charge is 0.494 e. The van der Waals surface area contributed by atoms with Crippen molar-refractivity contribution in [2.75, 3.05) is 35.9 Å². The van der Waals surface area contributed by atoms with Crippen molar-refractivity contribution in [1.29, 1.82) is 0 Å². The lowest BCUT2D eigenvalue weighted by molar-refractivity contribution is 0.342. The molecule has 1 aromatic carbocycles. The molecule has 39 heavy (non-hydrogen) atoms. The highest BCUT2D eigenvalue weighted by molar-refractivity contribution is 7.90. The first kappa shape index (κ1) is 27.2. The predicted molar refractivity (Wildman–Crippen MR) is 157 cm³/mol. The first-order chi connectivity index (χ1) is 18.4. The minimum absolute atomic E-state index is 0.123. The molecule has 3 aromatic heterocycles. The summed E-state index contributed by atoms with van der Waals surface area (Å²) in [5, 5.41) is 10.0. The third kappa shape index (κ3) is 5.40. The van der Waals surface area contributed by atoms with Crippen molar-refractivity contribution in [2.45, 2.75) is 32.7 Å². The van der Waals surface area contributed by atoms with Gasteiger partial charge in [-0.1, -0.05) is 31.5 Å². The Labute approximate surface area is 234 Å². The zero-order valence-electron chi connectivity index (χ0n) is 22.9. The van der Waals surface area contributed by atoms with Crippen LogP contribution in [0.4, 0.5) is 17.3 Å². The molecule has 1 saturated heterocycles. The van der Waals surface area contributed by atoms with Crippen LogP contribution in [0.15, 0.2) is 42.7 Å². The van der Waals surface area contributed by atoms with Crippen molar-refractivity contribution in [3.63, 3.8) is 0 Å². The molecule has 0 aliphatic carbocycles. The fraction of sp³-hybridized carbons (Fsp3) is 0.393. The molecule has 0 radical (unpaired) electrons. The summed E-state index contributed by atoms with van der Waals surface area (Å²) >= 11 is 6.35. The molecule has 0 spiro atoms. The van der Waals surface area contributed by atoms with Crippen LogP contribution >= 0.6 is 11.6 Å². The fourth-order valence-corrected chi connectivity index (χ4v) is 6.70. The normalized spacial score (nSPS) is 17.5. The molecule has 1 N–H and O–H groups in total.